The summed E-state index contributed by atoms with van der Waals surface area (Å²) in [5, 5.41) is 1.65. The van der Waals surface area contributed by atoms with Crippen molar-refractivity contribution >= 4 is 27.3 Å². The quantitative estimate of drug-likeness (QED) is 0.863. The van der Waals surface area contributed by atoms with E-state index in [-0.39, 0.29) is 4.21 Å². The van der Waals surface area contributed by atoms with E-state index >= 15 is 0 Å². The highest BCUT2D eigenvalue weighted by Gasteiger charge is 2.27. The van der Waals surface area contributed by atoms with Gasteiger partial charge in [0.2, 0.25) is 5.91 Å². The van der Waals surface area contributed by atoms with E-state index in [1.807, 2.05) is 4.72 Å². The minimum atomic E-state index is -3.68. The molecule has 4 nitrogen and oxygen atoms in total. The lowest BCUT2D eigenvalue weighted by Gasteiger charge is -2.16. The van der Waals surface area contributed by atoms with Gasteiger partial charge in [0, 0.05) is 5.41 Å². The summed E-state index contributed by atoms with van der Waals surface area (Å²) >= 11 is 1.08. The van der Waals surface area contributed by atoms with Crippen LogP contribution in [0.4, 0.5) is 0 Å². The Morgan fingerprint density at radius 2 is 2.00 bits per heavy atom. The highest BCUT2D eigenvalue weighted by Crippen LogP contribution is 2.18. The molecule has 0 atom stereocenters. The standard InChI is InChI=1S/C9H13NO3S2/c1-9(2,3)8(11)10-15(12,13)7-5-4-6-14-7/h4-6H,1-3H3,(H,10,11). The van der Waals surface area contributed by atoms with Crippen molar-refractivity contribution in [3.63, 3.8) is 0 Å². The number of hydrogen-bond acceptors (Lipinski definition) is 4. The Bertz CT molecular complexity index is 440. The molecule has 0 aliphatic carbocycles. The first-order valence-corrected chi connectivity index (χ1v) is 6.70. The predicted molar refractivity (Wildman–Crippen MR) is 59.1 cm³/mol. The zero-order valence-corrected chi connectivity index (χ0v) is 10.4. The van der Waals surface area contributed by atoms with Gasteiger partial charge in [-0.2, -0.15) is 0 Å². The lowest BCUT2D eigenvalue weighted by atomic mass is 9.96. The number of sulfonamides is 1. The van der Waals surface area contributed by atoms with E-state index in [9.17, 15) is 13.2 Å². The SMILES string of the molecule is CC(C)(C)C(=O)NS(=O)(=O)c1cccs1. The van der Waals surface area contributed by atoms with Gasteiger partial charge in [0.05, 0.1) is 0 Å². The van der Waals surface area contributed by atoms with Gasteiger partial charge in [-0.15, -0.1) is 11.3 Å². The lowest BCUT2D eigenvalue weighted by molar-refractivity contribution is -0.126. The van der Waals surface area contributed by atoms with E-state index in [2.05, 4.69) is 0 Å². The van der Waals surface area contributed by atoms with E-state index in [1.54, 1.807) is 32.2 Å². The summed E-state index contributed by atoms with van der Waals surface area (Å²) in [4.78, 5) is 11.5. The van der Waals surface area contributed by atoms with Crippen LogP contribution >= 0.6 is 11.3 Å². The van der Waals surface area contributed by atoms with Gasteiger partial charge in [0.25, 0.3) is 10.0 Å². The third kappa shape index (κ3) is 3.04. The van der Waals surface area contributed by atoms with E-state index in [4.69, 9.17) is 0 Å². The van der Waals surface area contributed by atoms with Crippen LogP contribution in [-0.2, 0) is 14.8 Å². The molecular formula is C9H13NO3S2. The molecule has 0 fully saturated rings. The summed E-state index contributed by atoms with van der Waals surface area (Å²) in [6.45, 7) is 4.98. The van der Waals surface area contributed by atoms with Gasteiger partial charge in [-0.25, -0.2) is 13.1 Å². The van der Waals surface area contributed by atoms with Crippen molar-refractivity contribution in [2.75, 3.05) is 0 Å². The molecule has 1 aromatic rings. The fourth-order valence-electron chi connectivity index (χ4n) is 0.742. The van der Waals surface area contributed by atoms with Crippen LogP contribution in [0, 0.1) is 5.41 Å². The fraction of sp³-hybridized carbons (Fsp3) is 0.444. The highest BCUT2D eigenvalue weighted by molar-refractivity contribution is 7.92. The van der Waals surface area contributed by atoms with Gasteiger partial charge < -0.3 is 0 Å². The molecule has 0 spiro atoms. The van der Waals surface area contributed by atoms with Crippen molar-refractivity contribution in [1.82, 2.24) is 4.72 Å². The molecule has 15 heavy (non-hydrogen) atoms. The molecule has 0 bridgehead atoms. The maximum Gasteiger partial charge on any atom is 0.273 e. The second-order valence-corrected chi connectivity index (χ2v) is 6.97. The third-order valence-electron chi connectivity index (χ3n) is 1.67. The zero-order valence-electron chi connectivity index (χ0n) is 8.77. The van der Waals surface area contributed by atoms with E-state index in [0.717, 1.165) is 11.3 Å². The van der Waals surface area contributed by atoms with Gasteiger partial charge in [-0.1, -0.05) is 26.8 Å². The van der Waals surface area contributed by atoms with Crippen molar-refractivity contribution in [2.24, 2.45) is 5.41 Å². The first-order valence-electron chi connectivity index (χ1n) is 4.34. The Labute approximate surface area is 93.4 Å². The molecule has 0 unspecified atom stereocenters. The second kappa shape index (κ2) is 3.94. The second-order valence-electron chi connectivity index (χ2n) is 4.12. The monoisotopic (exact) mass is 247 g/mol. The minimum absolute atomic E-state index is 0.153. The van der Waals surface area contributed by atoms with Crippen molar-refractivity contribution in [3.05, 3.63) is 17.5 Å². The maximum atomic E-state index is 11.6. The summed E-state index contributed by atoms with van der Waals surface area (Å²) in [7, 11) is -3.68. The molecule has 0 saturated carbocycles. The summed E-state index contributed by atoms with van der Waals surface area (Å²) in [6, 6.07) is 3.09. The molecule has 1 heterocycles. The first-order chi connectivity index (χ1) is 6.73. The van der Waals surface area contributed by atoms with Crippen LogP contribution in [0.25, 0.3) is 0 Å². The molecule has 0 aromatic carbocycles. The smallest absolute Gasteiger partial charge is 0.273 e. The van der Waals surface area contributed by atoms with Crippen molar-refractivity contribution in [2.45, 2.75) is 25.0 Å². The molecular weight excluding hydrogens is 234 g/mol. The Kier molecular flexibility index (Phi) is 3.20. The number of rotatable bonds is 2. The molecule has 0 saturated heterocycles. The number of nitrogens with one attached hydrogen (secondary N) is 1. The van der Waals surface area contributed by atoms with Gasteiger partial charge in [-0.05, 0) is 11.4 Å². The van der Waals surface area contributed by atoms with Gasteiger partial charge in [0.15, 0.2) is 0 Å². The number of amides is 1. The Hall–Kier alpha value is -0.880. The summed E-state index contributed by atoms with van der Waals surface area (Å²) < 4.78 is 25.5. The van der Waals surface area contributed by atoms with Crippen LogP contribution in [0.5, 0.6) is 0 Å². The maximum absolute atomic E-state index is 11.6. The largest absolute Gasteiger partial charge is 0.273 e. The number of carbonyl (C=O) groups is 1. The van der Waals surface area contributed by atoms with Crippen LogP contribution in [-0.4, -0.2) is 14.3 Å². The van der Waals surface area contributed by atoms with Crippen molar-refractivity contribution in [3.8, 4) is 0 Å². The molecule has 6 heteroatoms. The van der Waals surface area contributed by atoms with Gasteiger partial charge >= 0.3 is 0 Å². The topological polar surface area (TPSA) is 63.2 Å². The average Bonchev–Trinajstić information content (AvgIpc) is 2.52. The Balaban J connectivity index is 2.89. The molecule has 0 radical (unpaired) electrons. The van der Waals surface area contributed by atoms with E-state index < -0.39 is 21.3 Å². The highest BCUT2D eigenvalue weighted by atomic mass is 32.2. The summed E-state index contributed by atoms with van der Waals surface area (Å²) in [6.07, 6.45) is 0. The number of hydrogen-bond donors (Lipinski definition) is 1. The fourth-order valence-corrected chi connectivity index (χ4v) is 2.90. The lowest BCUT2D eigenvalue weighted by Crippen LogP contribution is -2.38. The Morgan fingerprint density at radius 3 is 2.40 bits per heavy atom. The molecule has 1 amide bonds. The summed E-state index contributed by atoms with van der Waals surface area (Å²) in [5.41, 5.74) is -0.718. The van der Waals surface area contributed by atoms with E-state index in [1.165, 1.54) is 6.07 Å². The normalized spacial score (nSPS) is 12.5. The van der Waals surface area contributed by atoms with Gasteiger partial charge in [-0.3, -0.25) is 4.79 Å². The minimum Gasteiger partial charge on any atom is -0.273 e. The molecule has 1 aromatic heterocycles. The Morgan fingerprint density at radius 1 is 1.40 bits per heavy atom. The van der Waals surface area contributed by atoms with Gasteiger partial charge in [0.1, 0.15) is 4.21 Å². The molecule has 0 aliphatic rings. The van der Waals surface area contributed by atoms with Crippen molar-refractivity contribution < 1.29 is 13.2 Å². The predicted octanol–water partition coefficient (Wildman–Crippen LogP) is 1.60. The van der Waals surface area contributed by atoms with Crippen LogP contribution in [0.1, 0.15) is 20.8 Å². The molecule has 0 aliphatic heterocycles. The summed E-state index contributed by atoms with van der Waals surface area (Å²) in [5.74, 6) is -0.504. The number of carbonyl (C=O) groups excluding carboxylic acids is 1. The molecule has 1 N–H and O–H groups in total. The number of thiophene rings is 1. The third-order valence-corrected chi connectivity index (χ3v) is 4.40. The zero-order chi connectivity index (χ0) is 11.7. The van der Waals surface area contributed by atoms with E-state index in [0.29, 0.717) is 0 Å². The molecule has 84 valence electrons. The first kappa shape index (κ1) is 12.2. The van der Waals surface area contributed by atoms with Crippen molar-refractivity contribution in [1.29, 1.82) is 0 Å². The molecule has 1 rings (SSSR count). The average molecular weight is 247 g/mol. The van der Waals surface area contributed by atoms with Crippen LogP contribution in [0.3, 0.4) is 0 Å². The van der Waals surface area contributed by atoms with Crippen LogP contribution < -0.4 is 4.72 Å². The van der Waals surface area contributed by atoms with Crippen LogP contribution in [0.2, 0.25) is 0 Å². The van der Waals surface area contributed by atoms with Crippen LogP contribution in [0.15, 0.2) is 21.7 Å².